The molecule has 0 radical (unpaired) electrons. The van der Waals surface area contributed by atoms with Crippen molar-refractivity contribution >= 4 is 12.1 Å². The molecule has 2 rings (SSSR count). The molecule has 1 unspecified atom stereocenters. The van der Waals surface area contributed by atoms with Gasteiger partial charge in [-0.2, -0.15) is 0 Å². The van der Waals surface area contributed by atoms with Gasteiger partial charge >= 0.3 is 0 Å². The number of ketones is 1. The van der Waals surface area contributed by atoms with E-state index < -0.39 is 5.54 Å². The zero-order valence-corrected chi connectivity index (χ0v) is 16.3. The van der Waals surface area contributed by atoms with Crippen molar-refractivity contribution in [2.75, 3.05) is 6.54 Å². The Kier molecular flexibility index (Phi) is 6.56. The Bertz CT molecular complexity index is 604. The van der Waals surface area contributed by atoms with Crippen molar-refractivity contribution in [3.8, 4) is 0 Å². The van der Waals surface area contributed by atoms with Crippen molar-refractivity contribution in [3.63, 3.8) is 0 Å². The molecule has 0 spiro atoms. The Labute approximate surface area is 152 Å². The lowest BCUT2D eigenvalue weighted by Gasteiger charge is -2.47. The van der Waals surface area contributed by atoms with Crippen LogP contribution in [0, 0.1) is 0 Å². The van der Waals surface area contributed by atoms with Crippen LogP contribution in [0.3, 0.4) is 0 Å². The normalized spacial score (nSPS) is 21.9. The molecule has 0 bridgehead atoms. The third-order valence-corrected chi connectivity index (χ3v) is 5.75. The first-order chi connectivity index (χ1) is 12.1. The summed E-state index contributed by atoms with van der Waals surface area (Å²) in [4.78, 5) is 27.2. The van der Waals surface area contributed by atoms with Crippen LogP contribution in [-0.2, 0) is 20.7 Å². The van der Waals surface area contributed by atoms with Crippen molar-refractivity contribution in [3.05, 3.63) is 35.4 Å². The summed E-state index contributed by atoms with van der Waals surface area (Å²) in [6, 6.07) is 8.37. The third kappa shape index (κ3) is 2.97. The van der Waals surface area contributed by atoms with E-state index in [1.807, 2.05) is 6.07 Å². The topological polar surface area (TPSA) is 37.4 Å². The van der Waals surface area contributed by atoms with Gasteiger partial charge < -0.3 is 0 Å². The van der Waals surface area contributed by atoms with Crippen molar-refractivity contribution in [2.24, 2.45) is 0 Å². The van der Waals surface area contributed by atoms with E-state index in [0.717, 1.165) is 50.6 Å². The highest BCUT2D eigenvalue weighted by Crippen LogP contribution is 2.56. The lowest BCUT2D eigenvalue weighted by Crippen LogP contribution is -2.55. The van der Waals surface area contributed by atoms with Crippen LogP contribution in [0.15, 0.2) is 24.3 Å². The molecule has 1 aliphatic rings. The van der Waals surface area contributed by atoms with Crippen molar-refractivity contribution in [1.29, 1.82) is 0 Å². The van der Waals surface area contributed by atoms with E-state index >= 15 is 0 Å². The summed E-state index contributed by atoms with van der Waals surface area (Å²) in [5.74, 6) is -0.274. The van der Waals surface area contributed by atoms with Crippen LogP contribution in [0.4, 0.5) is 0 Å². The van der Waals surface area contributed by atoms with Crippen LogP contribution in [-0.4, -0.2) is 23.5 Å². The summed E-state index contributed by atoms with van der Waals surface area (Å²) in [5, 5.41) is 0. The van der Waals surface area contributed by atoms with Gasteiger partial charge in [0.05, 0.1) is 0 Å². The zero-order chi connectivity index (χ0) is 18.5. The first kappa shape index (κ1) is 19.8. The Morgan fingerprint density at radius 2 is 1.48 bits per heavy atom. The SMILES string of the molecule is CCCN1C(CCC)(CCC)c2ccccc2C1(CCC)C(=O)C=O. The standard InChI is InChI=1S/C22H33NO2/c1-5-13-21(14-6-2)18-11-9-10-12-19(18)22(15-7-3,20(25)17-24)23(21)16-8-4/h9-12,17H,5-8,13-16H2,1-4H3. The molecule has 0 N–H and O–H groups in total. The lowest BCUT2D eigenvalue weighted by atomic mass is 9.80. The highest BCUT2D eigenvalue weighted by Gasteiger charge is 2.59. The number of benzene rings is 1. The van der Waals surface area contributed by atoms with Crippen molar-refractivity contribution in [2.45, 2.75) is 83.7 Å². The van der Waals surface area contributed by atoms with Gasteiger partial charge in [-0.05, 0) is 36.8 Å². The van der Waals surface area contributed by atoms with Crippen molar-refractivity contribution in [1.82, 2.24) is 4.90 Å². The van der Waals surface area contributed by atoms with Crippen LogP contribution < -0.4 is 0 Å². The Hall–Kier alpha value is -1.48. The average Bonchev–Trinajstić information content (AvgIpc) is 2.84. The number of fused-ring (bicyclic) bond motifs is 1. The van der Waals surface area contributed by atoms with E-state index in [4.69, 9.17) is 0 Å². The maximum Gasteiger partial charge on any atom is 0.219 e. The van der Waals surface area contributed by atoms with Gasteiger partial charge in [0.2, 0.25) is 5.78 Å². The van der Waals surface area contributed by atoms with Crippen LogP contribution >= 0.6 is 0 Å². The second kappa shape index (κ2) is 8.27. The summed E-state index contributed by atoms with van der Waals surface area (Å²) in [6.45, 7) is 9.53. The molecule has 0 aliphatic carbocycles. The molecule has 0 fully saturated rings. The fourth-order valence-corrected chi connectivity index (χ4v) is 5.14. The minimum atomic E-state index is -0.784. The van der Waals surface area contributed by atoms with E-state index in [2.05, 4.69) is 50.8 Å². The number of nitrogens with zero attached hydrogens (tertiary/aromatic N) is 1. The molecule has 1 heterocycles. The summed E-state index contributed by atoms with van der Waals surface area (Å²) in [5.41, 5.74) is 1.43. The van der Waals surface area contributed by atoms with Gasteiger partial charge in [-0.15, -0.1) is 0 Å². The summed E-state index contributed by atoms with van der Waals surface area (Å²) in [6.07, 6.45) is 7.28. The molecule has 0 saturated heterocycles. The van der Waals surface area contributed by atoms with Gasteiger partial charge in [-0.25, -0.2) is 0 Å². The molecule has 1 atom stereocenters. The average molecular weight is 344 g/mol. The molecule has 1 aromatic carbocycles. The number of hydrogen-bond acceptors (Lipinski definition) is 3. The zero-order valence-electron chi connectivity index (χ0n) is 16.3. The van der Waals surface area contributed by atoms with E-state index in [1.165, 1.54) is 5.56 Å². The molecule has 3 heteroatoms. The molecular weight excluding hydrogens is 310 g/mol. The van der Waals surface area contributed by atoms with Gasteiger partial charge in [0, 0.05) is 12.1 Å². The van der Waals surface area contributed by atoms with Crippen LogP contribution in [0.5, 0.6) is 0 Å². The molecule has 138 valence electrons. The molecule has 0 saturated carbocycles. The van der Waals surface area contributed by atoms with Crippen LogP contribution in [0.1, 0.15) is 83.8 Å². The second-order valence-corrected chi connectivity index (χ2v) is 7.32. The second-order valence-electron chi connectivity index (χ2n) is 7.32. The molecule has 1 aliphatic heterocycles. The third-order valence-electron chi connectivity index (χ3n) is 5.75. The maximum atomic E-state index is 13.1. The molecule has 0 aromatic heterocycles. The number of aldehydes is 1. The quantitative estimate of drug-likeness (QED) is 0.444. The number of Topliss-reactive ketones (excluding diaryl/α,β-unsaturated/α-hetero) is 1. The molecule has 1 aromatic rings. The summed E-state index contributed by atoms with van der Waals surface area (Å²) in [7, 11) is 0. The smallest absolute Gasteiger partial charge is 0.219 e. The number of carbonyl (C=O) groups is 2. The Balaban J connectivity index is 2.82. The summed E-state index contributed by atoms with van der Waals surface area (Å²) >= 11 is 0. The highest BCUT2D eigenvalue weighted by atomic mass is 16.2. The van der Waals surface area contributed by atoms with E-state index in [9.17, 15) is 9.59 Å². The number of hydrogen-bond donors (Lipinski definition) is 0. The van der Waals surface area contributed by atoms with Crippen LogP contribution in [0.25, 0.3) is 0 Å². The van der Waals surface area contributed by atoms with E-state index in [1.54, 1.807) is 0 Å². The molecule has 0 amide bonds. The van der Waals surface area contributed by atoms with Gasteiger partial charge in [-0.3, -0.25) is 14.5 Å². The minimum Gasteiger partial charge on any atom is -0.295 e. The largest absolute Gasteiger partial charge is 0.295 e. The van der Waals surface area contributed by atoms with Crippen molar-refractivity contribution < 1.29 is 9.59 Å². The molecule has 25 heavy (non-hydrogen) atoms. The van der Waals surface area contributed by atoms with Gasteiger partial charge in [-0.1, -0.05) is 71.2 Å². The Morgan fingerprint density at radius 1 is 0.920 bits per heavy atom. The fraction of sp³-hybridized carbons (Fsp3) is 0.636. The first-order valence-electron chi connectivity index (χ1n) is 9.96. The van der Waals surface area contributed by atoms with E-state index in [-0.39, 0.29) is 11.3 Å². The number of rotatable bonds is 10. The van der Waals surface area contributed by atoms with Gasteiger partial charge in [0.25, 0.3) is 0 Å². The van der Waals surface area contributed by atoms with Gasteiger partial charge in [0.15, 0.2) is 6.29 Å². The minimum absolute atomic E-state index is 0.135. The fourth-order valence-electron chi connectivity index (χ4n) is 5.14. The highest BCUT2D eigenvalue weighted by molar-refractivity contribution is 6.29. The maximum absolute atomic E-state index is 13.1. The first-order valence-corrected chi connectivity index (χ1v) is 9.96. The molecule has 3 nitrogen and oxygen atoms in total. The van der Waals surface area contributed by atoms with Crippen LogP contribution in [0.2, 0.25) is 0 Å². The Morgan fingerprint density at radius 3 is 1.96 bits per heavy atom. The summed E-state index contributed by atoms with van der Waals surface area (Å²) < 4.78 is 0. The van der Waals surface area contributed by atoms with Gasteiger partial charge in [0.1, 0.15) is 5.54 Å². The lowest BCUT2D eigenvalue weighted by molar-refractivity contribution is -0.143. The monoisotopic (exact) mass is 343 g/mol. The predicted octanol–water partition coefficient (Wildman–Crippen LogP) is 4.97. The predicted molar refractivity (Wildman–Crippen MR) is 103 cm³/mol. The molecular formula is C22H33NO2. The van der Waals surface area contributed by atoms with E-state index in [0.29, 0.717) is 12.7 Å². The number of carbonyl (C=O) groups excluding carboxylic acids is 2.